The van der Waals surface area contributed by atoms with Crippen LogP contribution in [-0.4, -0.2) is 29.1 Å². The molecule has 1 aliphatic carbocycles. The second kappa shape index (κ2) is 9.53. The van der Waals surface area contributed by atoms with Crippen molar-refractivity contribution in [1.82, 2.24) is 0 Å². The van der Waals surface area contributed by atoms with Crippen LogP contribution in [0, 0.1) is 6.92 Å². The van der Waals surface area contributed by atoms with Crippen molar-refractivity contribution in [2.75, 3.05) is 11.9 Å². The molecular formula is C27H24N2O4. The van der Waals surface area contributed by atoms with Crippen LogP contribution in [0.3, 0.4) is 0 Å². The molecule has 2 N–H and O–H groups in total. The zero-order valence-electron chi connectivity index (χ0n) is 18.5. The van der Waals surface area contributed by atoms with Crippen LogP contribution in [0.2, 0.25) is 0 Å². The highest BCUT2D eigenvalue weighted by molar-refractivity contribution is 6.59. The number of nitrogens with one attached hydrogen (secondary N) is 1. The number of benzene rings is 3. The molecule has 0 radical (unpaired) electrons. The number of carbonyl (C=O) groups is 2. The van der Waals surface area contributed by atoms with Crippen LogP contribution < -0.4 is 10.1 Å². The number of Topliss-reactive ketones (excluding diaryl/α,β-unsaturated/α-hetero) is 1. The fourth-order valence-electron chi connectivity index (χ4n) is 3.60. The predicted molar refractivity (Wildman–Crippen MR) is 129 cm³/mol. The van der Waals surface area contributed by atoms with Gasteiger partial charge in [0.1, 0.15) is 22.8 Å². The molecule has 0 atom stereocenters. The third kappa shape index (κ3) is 4.70. The minimum Gasteiger partial charge on any atom is -0.506 e. The summed E-state index contributed by atoms with van der Waals surface area (Å²) in [5.41, 5.74) is 2.94. The molecule has 0 spiro atoms. The van der Waals surface area contributed by atoms with E-state index in [0.717, 1.165) is 11.1 Å². The van der Waals surface area contributed by atoms with Gasteiger partial charge in [-0.25, -0.2) is 0 Å². The monoisotopic (exact) mass is 440 g/mol. The minimum absolute atomic E-state index is 0.0600. The number of aliphatic hydroxyl groups is 1. The molecule has 0 unspecified atom stereocenters. The van der Waals surface area contributed by atoms with E-state index in [1.807, 2.05) is 38.1 Å². The summed E-state index contributed by atoms with van der Waals surface area (Å²) in [6.07, 6.45) is 0. The zero-order valence-corrected chi connectivity index (χ0v) is 18.5. The van der Waals surface area contributed by atoms with Gasteiger partial charge in [-0.05, 0) is 43.7 Å². The van der Waals surface area contributed by atoms with E-state index in [9.17, 15) is 14.7 Å². The van der Waals surface area contributed by atoms with Gasteiger partial charge >= 0.3 is 0 Å². The van der Waals surface area contributed by atoms with Gasteiger partial charge in [0.25, 0.3) is 5.91 Å². The average Bonchev–Trinajstić information content (AvgIpc) is 2.83. The standard InChI is InChI=1S/C27H24N2O4/c1-3-33-20-14-12-19(13-15-20)29-27(32)23-24(28-16-18-10-8-17(2)9-11-18)26(31)22-7-5-4-6-21(22)25(23)30/h4-15,30H,3,16H2,1-2H3,(H,29,32). The summed E-state index contributed by atoms with van der Waals surface area (Å²) in [7, 11) is 0. The largest absolute Gasteiger partial charge is 0.506 e. The van der Waals surface area contributed by atoms with Gasteiger partial charge in [-0.3, -0.25) is 14.6 Å². The van der Waals surface area contributed by atoms with E-state index < -0.39 is 11.7 Å². The number of fused-ring (bicyclic) bond motifs is 1. The number of ketones is 1. The SMILES string of the molecule is CCOc1ccc(NC(=O)C2=C(O)c3ccccc3C(=O)C2=NCc2ccc(C)cc2)cc1. The van der Waals surface area contributed by atoms with Crippen molar-refractivity contribution in [2.45, 2.75) is 20.4 Å². The van der Waals surface area contributed by atoms with Crippen LogP contribution in [0.25, 0.3) is 5.76 Å². The Bertz CT molecular complexity index is 1260. The van der Waals surface area contributed by atoms with Crippen molar-refractivity contribution in [1.29, 1.82) is 0 Å². The highest BCUT2D eigenvalue weighted by atomic mass is 16.5. The van der Waals surface area contributed by atoms with Gasteiger partial charge < -0.3 is 15.2 Å². The number of hydrogen-bond donors (Lipinski definition) is 2. The number of amides is 1. The Morgan fingerprint density at radius 2 is 1.64 bits per heavy atom. The number of ether oxygens (including phenoxy) is 1. The average molecular weight is 440 g/mol. The van der Waals surface area contributed by atoms with Crippen molar-refractivity contribution < 1.29 is 19.4 Å². The van der Waals surface area contributed by atoms with Crippen LogP contribution in [-0.2, 0) is 11.3 Å². The lowest BCUT2D eigenvalue weighted by atomic mass is 9.87. The molecule has 0 heterocycles. The predicted octanol–water partition coefficient (Wildman–Crippen LogP) is 5.14. The normalized spacial score (nSPS) is 14.2. The third-order valence-corrected chi connectivity index (χ3v) is 5.31. The molecule has 33 heavy (non-hydrogen) atoms. The second-order valence-corrected chi connectivity index (χ2v) is 7.66. The van der Waals surface area contributed by atoms with Crippen molar-refractivity contribution in [2.24, 2.45) is 4.99 Å². The van der Waals surface area contributed by atoms with E-state index in [2.05, 4.69) is 10.3 Å². The Hall–Kier alpha value is -4.19. The Kier molecular flexibility index (Phi) is 6.36. The third-order valence-electron chi connectivity index (χ3n) is 5.31. The summed E-state index contributed by atoms with van der Waals surface area (Å²) >= 11 is 0. The summed E-state index contributed by atoms with van der Waals surface area (Å²) in [5.74, 6) is -0.592. The van der Waals surface area contributed by atoms with Crippen molar-refractivity contribution in [3.8, 4) is 5.75 Å². The molecule has 4 rings (SSSR count). The van der Waals surface area contributed by atoms with E-state index in [1.54, 1.807) is 48.5 Å². The first-order chi connectivity index (χ1) is 16.0. The summed E-state index contributed by atoms with van der Waals surface area (Å²) < 4.78 is 5.42. The Balaban J connectivity index is 1.70. The zero-order chi connectivity index (χ0) is 23.4. The molecule has 0 fully saturated rings. The number of aliphatic hydroxyl groups excluding tert-OH is 1. The Labute approximate surface area is 192 Å². The fourth-order valence-corrected chi connectivity index (χ4v) is 3.60. The van der Waals surface area contributed by atoms with Gasteiger partial charge in [-0.15, -0.1) is 0 Å². The maximum atomic E-state index is 13.2. The minimum atomic E-state index is -0.609. The molecule has 1 aliphatic rings. The highest BCUT2D eigenvalue weighted by Crippen LogP contribution is 2.29. The first-order valence-corrected chi connectivity index (χ1v) is 10.7. The topological polar surface area (TPSA) is 88.0 Å². The van der Waals surface area contributed by atoms with Crippen molar-refractivity contribution in [3.63, 3.8) is 0 Å². The smallest absolute Gasteiger partial charge is 0.261 e. The summed E-state index contributed by atoms with van der Waals surface area (Å²) in [6.45, 7) is 4.62. The van der Waals surface area contributed by atoms with E-state index in [0.29, 0.717) is 29.2 Å². The molecule has 166 valence electrons. The van der Waals surface area contributed by atoms with Crippen molar-refractivity contribution >= 4 is 28.8 Å². The molecule has 0 saturated heterocycles. The fraction of sp³-hybridized carbons (Fsp3) is 0.148. The summed E-state index contributed by atoms with van der Waals surface area (Å²) in [5, 5.41) is 13.7. The van der Waals surface area contributed by atoms with Gasteiger partial charge in [-0.2, -0.15) is 0 Å². The lowest BCUT2D eigenvalue weighted by Gasteiger charge is -2.20. The molecule has 6 nitrogen and oxygen atoms in total. The number of hydrogen-bond acceptors (Lipinski definition) is 5. The molecular weight excluding hydrogens is 416 g/mol. The number of carbonyl (C=O) groups excluding carboxylic acids is 2. The van der Waals surface area contributed by atoms with E-state index >= 15 is 0 Å². The Morgan fingerprint density at radius 3 is 2.30 bits per heavy atom. The van der Waals surface area contributed by atoms with Crippen LogP contribution in [0.4, 0.5) is 5.69 Å². The number of aryl methyl sites for hydroxylation is 1. The van der Waals surface area contributed by atoms with Crippen molar-refractivity contribution in [3.05, 3.63) is 101 Å². The Morgan fingerprint density at radius 1 is 0.970 bits per heavy atom. The van der Waals surface area contributed by atoms with Gasteiger partial charge in [0.05, 0.1) is 13.2 Å². The van der Waals surface area contributed by atoms with Gasteiger partial charge in [0.15, 0.2) is 0 Å². The summed E-state index contributed by atoms with van der Waals surface area (Å²) in [6, 6.07) is 21.3. The molecule has 0 bridgehead atoms. The quantitative estimate of drug-likeness (QED) is 0.556. The molecule has 1 amide bonds. The number of rotatable bonds is 6. The van der Waals surface area contributed by atoms with Crippen LogP contribution >= 0.6 is 0 Å². The first-order valence-electron chi connectivity index (χ1n) is 10.7. The molecule has 0 saturated carbocycles. The highest BCUT2D eigenvalue weighted by Gasteiger charge is 2.34. The molecule has 3 aromatic rings. The van der Waals surface area contributed by atoms with Gasteiger partial charge in [-0.1, -0.05) is 54.1 Å². The number of aliphatic imine (C=N–C) groups is 1. The van der Waals surface area contributed by atoms with E-state index in [1.165, 1.54) is 0 Å². The van der Waals surface area contributed by atoms with Crippen LogP contribution in [0.15, 0.2) is 83.4 Å². The maximum Gasteiger partial charge on any atom is 0.261 e. The molecule has 0 aromatic heterocycles. The molecule has 0 aliphatic heterocycles. The summed E-state index contributed by atoms with van der Waals surface area (Å²) in [4.78, 5) is 30.9. The lowest BCUT2D eigenvalue weighted by Crippen LogP contribution is -2.31. The van der Waals surface area contributed by atoms with Gasteiger partial charge in [0, 0.05) is 16.8 Å². The van der Waals surface area contributed by atoms with E-state index in [4.69, 9.17) is 4.74 Å². The first kappa shape index (κ1) is 22.0. The number of nitrogens with zero attached hydrogens (tertiary/aromatic N) is 1. The lowest BCUT2D eigenvalue weighted by molar-refractivity contribution is -0.112. The molecule has 3 aromatic carbocycles. The number of anilines is 1. The second-order valence-electron chi connectivity index (χ2n) is 7.66. The molecule has 6 heteroatoms. The van der Waals surface area contributed by atoms with Gasteiger partial charge in [0.2, 0.25) is 5.78 Å². The maximum absolute atomic E-state index is 13.2. The van der Waals surface area contributed by atoms with E-state index in [-0.39, 0.29) is 23.6 Å². The van der Waals surface area contributed by atoms with Crippen LogP contribution in [0.1, 0.15) is 34.0 Å². The van der Waals surface area contributed by atoms with Crippen LogP contribution in [0.5, 0.6) is 5.75 Å².